The molecule has 3 aromatic rings. The first-order chi connectivity index (χ1) is 16.6. The molecule has 3 N–H and O–H groups in total. The van der Waals surface area contributed by atoms with Crippen LogP contribution in [0.25, 0.3) is 5.76 Å². The first-order valence-corrected chi connectivity index (χ1v) is 12.3. The molecule has 1 atom stereocenters. The van der Waals surface area contributed by atoms with Crippen molar-refractivity contribution in [2.24, 2.45) is 5.14 Å². The second-order valence-corrected chi connectivity index (χ2v) is 9.47. The predicted octanol–water partition coefficient (Wildman–Crippen LogP) is 3.06. The van der Waals surface area contributed by atoms with Gasteiger partial charge >= 0.3 is 0 Å². The van der Waals surface area contributed by atoms with Crippen LogP contribution in [0, 0.1) is 6.92 Å². The van der Waals surface area contributed by atoms with E-state index in [0.717, 1.165) is 5.56 Å². The van der Waals surface area contributed by atoms with Crippen molar-refractivity contribution in [3.63, 3.8) is 0 Å². The number of ether oxygens (including phenoxy) is 1. The number of aliphatic hydroxyl groups is 1. The summed E-state index contributed by atoms with van der Waals surface area (Å²) in [5.74, 6) is -1.44. The maximum absolute atomic E-state index is 13.2. The molecule has 35 heavy (non-hydrogen) atoms. The number of benzene rings is 2. The van der Waals surface area contributed by atoms with Gasteiger partial charge in [-0.25, -0.2) is 13.6 Å². The number of carbonyl (C=O) groups excluding carboxylic acids is 2. The number of hydrogen-bond acceptors (Lipinski definition) is 7. The molecular weight excluding hydrogens is 470 g/mol. The molecule has 1 aromatic heterocycles. The number of amides is 1. The Balaban J connectivity index is 1.88. The Kier molecular flexibility index (Phi) is 6.42. The van der Waals surface area contributed by atoms with Gasteiger partial charge in [-0.05, 0) is 73.5 Å². The molecule has 10 heteroatoms. The maximum Gasteiger partial charge on any atom is 0.300 e. The van der Waals surface area contributed by atoms with E-state index in [9.17, 15) is 23.1 Å². The number of anilines is 1. The van der Waals surface area contributed by atoms with Crippen molar-refractivity contribution in [2.45, 2.75) is 24.8 Å². The Bertz CT molecular complexity index is 1430. The van der Waals surface area contributed by atoms with Crippen molar-refractivity contribution < 1.29 is 27.9 Å². The number of hydrogen-bond donors (Lipinski definition) is 2. The second-order valence-electron chi connectivity index (χ2n) is 7.91. The summed E-state index contributed by atoms with van der Waals surface area (Å²) in [4.78, 5) is 31.5. The molecular formula is C25H23N3O6S. The van der Waals surface area contributed by atoms with Crippen LogP contribution in [0.15, 0.2) is 77.5 Å². The monoisotopic (exact) mass is 493 g/mol. The van der Waals surface area contributed by atoms with Crippen molar-refractivity contribution in [1.82, 2.24) is 4.98 Å². The van der Waals surface area contributed by atoms with Gasteiger partial charge in [-0.1, -0.05) is 6.07 Å². The van der Waals surface area contributed by atoms with Crippen molar-refractivity contribution >= 4 is 33.2 Å². The highest BCUT2D eigenvalue weighted by atomic mass is 32.2. The van der Waals surface area contributed by atoms with E-state index in [0.29, 0.717) is 23.5 Å². The lowest BCUT2D eigenvalue weighted by Crippen LogP contribution is -2.29. The summed E-state index contributed by atoms with van der Waals surface area (Å²) in [6.45, 7) is 4.15. The third-order valence-corrected chi connectivity index (χ3v) is 6.57. The first-order valence-electron chi connectivity index (χ1n) is 10.7. The van der Waals surface area contributed by atoms with E-state index in [4.69, 9.17) is 9.88 Å². The number of rotatable bonds is 6. The number of Topliss-reactive ketones (excluding diaryl/α,β-unsaturated/α-hetero) is 1. The minimum Gasteiger partial charge on any atom is -0.507 e. The Morgan fingerprint density at radius 2 is 1.86 bits per heavy atom. The molecule has 0 radical (unpaired) electrons. The van der Waals surface area contributed by atoms with E-state index in [1.807, 2.05) is 13.8 Å². The Labute approximate surface area is 202 Å². The van der Waals surface area contributed by atoms with Gasteiger partial charge in [0, 0.05) is 23.6 Å². The molecule has 2 heterocycles. The topological polar surface area (TPSA) is 140 Å². The Hall–Kier alpha value is -4.02. The number of aryl methyl sites for hydroxylation is 1. The molecule has 0 spiro atoms. The number of aromatic nitrogens is 1. The number of nitrogens with zero attached hydrogens (tertiary/aromatic N) is 2. The van der Waals surface area contributed by atoms with E-state index >= 15 is 0 Å². The van der Waals surface area contributed by atoms with E-state index in [-0.39, 0.29) is 21.9 Å². The van der Waals surface area contributed by atoms with Crippen LogP contribution in [0.5, 0.6) is 5.75 Å². The molecule has 1 unspecified atom stereocenters. The van der Waals surface area contributed by atoms with E-state index < -0.39 is 27.8 Å². The van der Waals surface area contributed by atoms with Crippen LogP contribution < -0.4 is 14.8 Å². The average molecular weight is 494 g/mol. The highest BCUT2D eigenvalue weighted by Crippen LogP contribution is 2.42. The molecule has 0 bridgehead atoms. The summed E-state index contributed by atoms with van der Waals surface area (Å²) >= 11 is 0. The predicted molar refractivity (Wildman–Crippen MR) is 129 cm³/mol. The molecule has 2 aromatic carbocycles. The smallest absolute Gasteiger partial charge is 0.300 e. The zero-order chi connectivity index (χ0) is 25.3. The van der Waals surface area contributed by atoms with Crippen LogP contribution in [0.2, 0.25) is 0 Å². The van der Waals surface area contributed by atoms with Gasteiger partial charge in [0.05, 0.1) is 23.1 Å². The van der Waals surface area contributed by atoms with Crippen molar-refractivity contribution in [3.05, 3.63) is 89.3 Å². The normalized spacial score (nSPS) is 17.6. The largest absolute Gasteiger partial charge is 0.507 e. The maximum atomic E-state index is 13.2. The summed E-state index contributed by atoms with van der Waals surface area (Å²) in [7, 11) is -3.95. The molecule has 180 valence electrons. The lowest BCUT2D eigenvalue weighted by Gasteiger charge is -2.25. The summed E-state index contributed by atoms with van der Waals surface area (Å²) < 4.78 is 28.8. The molecule has 9 nitrogen and oxygen atoms in total. The lowest BCUT2D eigenvalue weighted by atomic mass is 9.95. The minimum absolute atomic E-state index is 0.109. The summed E-state index contributed by atoms with van der Waals surface area (Å²) in [6.07, 6.45) is 3.05. The lowest BCUT2D eigenvalue weighted by molar-refractivity contribution is -0.132. The van der Waals surface area contributed by atoms with E-state index in [1.165, 1.54) is 35.4 Å². The Morgan fingerprint density at radius 3 is 2.43 bits per heavy atom. The average Bonchev–Trinajstić information content (AvgIpc) is 3.10. The van der Waals surface area contributed by atoms with Gasteiger partial charge in [0.1, 0.15) is 11.5 Å². The molecule has 4 rings (SSSR count). The van der Waals surface area contributed by atoms with Crippen LogP contribution in [0.3, 0.4) is 0 Å². The van der Waals surface area contributed by atoms with Crippen molar-refractivity contribution in [2.75, 3.05) is 11.5 Å². The highest BCUT2D eigenvalue weighted by Gasteiger charge is 2.47. The number of aliphatic hydroxyl groups excluding tert-OH is 1. The molecule has 1 amide bonds. The van der Waals surface area contributed by atoms with Gasteiger partial charge < -0.3 is 9.84 Å². The van der Waals surface area contributed by atoms with Crippen LogP contribution in [0.4, 0.5) is 5.69 Å². The molecule has 1 saturated heterocycles. The van der Waals surface area contributed by atoms with Gasteiger partial charge in [0.2, 0.25) is 10.0 Å². The summed E-state index contributed by atoms with van der Waals surface area (Å²) in [6, 6.07) is 12.6. The number of pyridine rings is 1. The van der Waals surface area contributed by atoms with Gasteiger partial charge in [-0.2, -0.15) is 0 Å². The van der Waals surface area contributed by atoms with Crippen molar-refractivity contribution in [3.8, 4) is 5.75 Å². The van der Waals surface area contributed by atoms with Gasteiger partial charge in [-0.15, -0.1) is 0 Å². The fraction of sp³-hybridized carbons (Fsp3) is 0.160. The number of ketones is 1. The van der Waals surface area contributed by atoms with E-state index in [2.05, 4.69) is 4.98 Å². The van der Waals surface area contributed by atoms with E-state index in [1.54, 1.807) is 36.5 Å². The zero-order valence-corrected chi connectivity index (χ0v) is 19.8. The fourth-order valence-electron chi connectivity index (χ4n) is 4.02. The number of sulfonamides is 1. The quantitative estimate of drug-likeness (QED) is 0.305. The standard InChI is InChI=1S/C25H23N3O6S/c1-3-34-20-11-6-16(13-15(20)2)23(29)21-22(17-5-4-12-27-14-17)28(25(31)24(21)30)18-7-9-19(10-8-18)35(26,32)33/h4-14,22,29H,3H2,1-2H3,(H2,26,32,33)/b23-21+. The summed E-state index contributed by atoms with van der Waals surface area (Å²) in [5, 5.41) is 16.4. The molecule has 1 aliphatic heterocycles. The molecule has 1 aliphatic rings. The van der Waals surface area contributed by atoms with Crippen LogP contribution in [-0.4, -0.2) is 36.8 Å². The Morgan fingerprint density at radius 1 is 1.14 bits per heavy atom. The highest BCUT2D eigenvalue weighted by molar-refractivity contribution is 7.89. The second kappa shape index (κ2) is 9.32. The SMILES string of the molecule is CCOc1ccc(/C(O)=C2\C(=O)C(=O)N(c3ccc(S(N)(=O)=O)cc3)C2c2cccnc2)cc1C. The number of nitrogens with two attached hydrogens (primary N) is 1. The molecule has 0 aliphatic carbocycles. The first kappa shape index (κ1) is 24.1. The molecule has 0 saturated carbocycles. The third kappa shape index (κ3) is 4.53. The fourth-order valence-corrected chi connectivity index (χ4v) is 4.53. The zero-order valence-electron chi connectivity index (χ0n) is 19.0. The van der Waals surface area contributed by atoms with Crippen LogP contribution >= 0.6 is 0 Å². The van der Waals surface area contributed by atoms with Gasteiger partial charge in [-0.3, -0.25) is 19.5 Å². The van der Waals surface area contributed by atoms with Gasteiger partial charge in [0.15, 0.2) is 0 Å². The number of primary sulfonamides is 1. The van der Waals surface area contributed by atoms with Crippen LogP contribution in [-0.2, 0) is 19.6 Å². The third-order valence-electron chi connectivity index (χ3n) is 5.64. The summed E-state index contributed by atoms with van der Waals surface area (Å²) in [5.41, 5.74) is 1.74. The minimum atomic E-state index is -3.95. The number of carbonyl (C=O) groups is 2. The van der Waals surface area contributed by atoms with Crippen molar-refractivity contribution in [1.29, 1.82) is 0 Å². The molecule has 1 fully saturated rings. The van der Waals surface area contributed by atoms with Crippen LogP contribution in [0.1, 0.15) is 29.7 Å². The van der Waals surface area contributed by atoms with Gasteiger partial charge in [0.25, 0.3) is 11.7 Å².